The summed E-state index contributed by atoms with van der Waals surface area (Å²) >= 11 is 19.1. The van der Waals surface area contributed by atoms with Crippen LogP contribution >= 0.6 is 46.6 Å². The number of halogens is 3. The van der Waals surface area contributed by atoms with Gasteiger partial charge in [0.05, 0.1) is 20.6 Å². The van der Waals surface area contributed by atoms with E-state index in [4.69, 9.17) is 39.2 Å². The first-order chi connectivity index (χ1) is 13.5. The van der Waals surface area contributed by atoms with Crippen LogP contribution in [0.25, 0.3) is 17.4 Å². The summed E-state index contributed by atoms with van der Waals surface area (Å²) in [4.78, 5) is 17.1. The van der Waals surface area contributed by atoms with E-state index in [1.54, 1.807) is 48.5 Å². The van der Waals surface area contributed by atoms with E-state index in [1.165, 1.54) is 11.8 Å². The van der Waals surface area contributed by atoms with Gasteiger partial charge >= 0.3 is 0 Å². The number of nitrogens with zero attached hydrogens (tertiary/aromatic N) is 1. The van der Waals surface area contributed by atoms with E-state index in [9.17, 15) is 4.79 Å². The number of thioether (sulfide) groups is 1. The number of furan rings is 1. The van der Waals surface area contributed by atoms with Crippen molar-refractivity contribution < 1.29 is 9.21 Å². The molecule has 140 valence electrons. The third kappa shape index (κ3) is 4.28. The molecule has 0 spiro atoms. The molecule has 1 aliphatic heterocycles. The fraction of sp³-hybridized carbons (Fsp3) is 0. The van der Waals surface area contributed by atoms with Gasteiger partial charge in [0, 0.05) is 16.7 Å². The van der Waals surface area contributed by atoms with Crippen molar-refractivity contribution in [1.29, 1.82) is 0 Å². The zero-order valence-electron chi connectivity index (χ0n) is 14.1. The largest absolute Gasteiger partial charge is 0.457 e. The van der Waals surface area contributed by atoms with Gasteiger partial charge in [-0.15, -0.1) is 0 Å². The van der Waals surface area contributed by atoms with Crippen LogP contribution in [0.5, 0.6) is 0 Å². The summed E-state index contributed by atoms with van der Waals surface area (Å²) < 4.78 is 5.82. The van der Waals surface area contributed by atoms with Gasteiger partial charge in [0.25, 0.3) is 5.91 Å². The summed E-state index contributed by atoms with van der Waals surface area (Å²) in [6.07, 6.45) is 1.67. The van der Waals surface area contributed by atoms with Gasteiger partial charge in [-0.1, -0.05) is 34.8 Å². The van der Waals surface area contributed by atoms with Crippen molar-refractivity contribution in [2.24, 2.45) is 4.99 Å². The van der Waals surface area contributed by atoms with Gasteiger partial charge in [0.1, 0.15) is 11.5 Å². The van der Waals surface area contributed by atoms with Crippen LogP contribution in [-0.2, 0) is 4.79 Å². The SMILES string of the molecule is O=C1NC(=Nc2ccc(Cl)cc2)S/C1=C/c1ccc(-c2ccc(Cl)c(Cl)c2)o1. The highest BCUT2D eigenvalue weighted by molar-refractivity contribution is 8.18. The number of amides is 1. The van der Waals surface area contributed by atoms with E-state index in [2.05, 4.69) is 10.3 Å². The molecule has 1 amide bonds. The first kappa shape index (κ1) is 19.2. The average molecular weight is 450 g/mol. The quantitative estimate of drug-likeness (QED) is 0.447. The molecule has 0 unspecified atom stereocenters. The Balaban J connectivity index is 1.54. The summed E-state index contributed by atoms with van der Waals surface area (Å²) in [5.41, 5.74) is 1.50. The summed E-state index contributed by atoms with van der Waals surface area (Å²) in [5.74, 6) is 0.945. The fourth-order valence-electron chi connectivity index (χ4n) is 2.48. The molecule has 1 fully saturated rings. The Hall–Kier alpha value is -2.18. The lowest BCUT2D eigenvalue weighted by atomic mass is 10.2. The summed E-state index contributed by atoms with van der Waals surface area (Å²) in [5, 5.41) is 4.79. The molecule has 1 N–H and O–H groups in total. The molecule has 0 aliphatic carbocycles. The van der Waals surface area contributed by atoms with E-state index in [-0.39, 0.29) is 5.91 Å². The molecule has 4 nitrogen and oxygen atoms in total. The molecule has 0 atom stereocenters. The molecule has 0 radical (unpaired) electrons. The zero-order valence-corrected chi connectivity index (χ0v) is 17.2. The minimum atomic E-state index is -0.231. The third-order valence-corrected chi connectivity index (χ3v) is 5.71. The molecular weight excluding hydrogens is 439 g/mol. The fourth-order valence-corrected chi connectivity index (χ4v) is 3.72. The third-order valence-electron chi connectivity index (χ3n) is 3.81. The monoisotopic (exact) mass is 448 g/mol. The molecule has 2 aromatic carbocycles. The average Bonchev–Trinajstić information content (AvgIpc) is 3.27. The normalized spacial score (nSPS) is 16.8. The molecule has 0 saturated carbocycles. The highest BCUT2D eigenvalue weighted by Gasteiger charge is 2.24. The van der Waals surface area contributed by atoms with Crippen molar-refractivity contribution in [2.45, 2.75) is 0 Å². The molecule has 1 saturated heterocycles. The minimum absolute atomic E-state index is 0.231. The van der Waals surface area contributed by atoms with Crippen LogP contribution < -0.4 is 5.32 Å². The van der Waals surface area contributed by atoms with Crippen LogP contribution in [0, 0.1) is 0 Å². The second-order valence-electron chi connectivity index (χ2n) is 5.79. The molecule has 2 heterocycles. The Bertz CT molecular complexity index is 1120. The molecule has 8 heteroatoms. The minimum Gasteiger partial charge on any atom is -0.457 e. The van der Waals surface area contributed by atoms with Gasteiger partial charge in [-0.2, -0.15) is 0 Å². The maximum atomic E-state index is 12.2. The number of nitrogens with one attached hydrogen (secondary N) is 1. The van der Waals surface area contributed by atoms with Crippen molar-refractivity contribution in [2.75, 3.05) is 0 Å². The van der Waals surface area contributed by atoms with Crippen molar-refractivity contribution in [3.63, 3.8) is 0 Å². The predicted molar refractivity (Wildman–Crippen MR) is 116 cm³/mol. The van der Waals surface area contributed by atoms with E-state index < -0.39 is 0 Å². The van der Waals surface area contributed by atoms with Crippen molar-refractivity contribution >= 4 is 69.4 Å². The molecule has 0 bridgehead atoms. The van der Waals surface area contributed by atoms with Gasteiger partial charge in [-0.05, 0) is 66.4 Å². The lowest BCUT2D eigenvalue weighted by Gasteiger charge is -1.99. The second kappa shape index (κ2) is 8.05. The first-order valence-corrected chi connectivity index (χ1v) is 10.0. The van der Waals surface area contributed by atoms with E-state index in [0.29, 0.717) is 42.3 Å². The smallest absolute Gasteiger partial charge is 0.264 e. The van der Waals surface area contributed by atoms with Crippen LogP contribution in [-0.4, -0.2) is 11.1 Å². The van der Waals surface area contributed by atoms with Gasteiger partial charge in [-0.3, -0.25) is 4.79 Å². The number of carbonyl (C=O) groups excluding carboxylic acids is 1. The zero-order chi connectivity index (χ0) is 19.7. The van der Waals surface area contributed by atoms with Crippen LogP contribution in [0.4, 0.5) is 5.69 Å². The molecule has 28 heavy (non-hydrogen) atoms. The topological polar surface area (TPSA) is 54.6 Å². The van der Waals surface area contributed by atoms with E-state index in [0.717, 1.165) is 5.56 Å². The van der Waals surface area contributed by atoms with Crippen LogP contribution in [0.1, 0.15) is 5.76 Å². The van der Waals surface area contributed by atoms with Crippen LogP contribution in [0.2, 0.25) is 15.1 Å². The first-order valence-electron chi connectivity index (χ1n) is 8.08. The number of hydrogen-bond acceptors (Lipinski definition) is 4. The summed E-state index contributed by atoms with van der Waals surface area (Å²) in [7, 11) is 0. The number of amidine groups is 1. The van der Waals surface area contributed by atoms with Gasteiger partial charge in [-0.25, -0.2) is 4.99 Å². The van der Waals surface area contributed by atoms with Crippen molar-refractivity contribution in [3.05, 3.63) is 80.3 Å². The Morgan fingerprint density at radius 2 is 1.75 bits per heavy atom. The number of carbonyl (C=O) groups is 1. The Kier molecular flexibility index (Phi) is 5.51. The lowest BCUT2D eigenvalue weighted by Crippen LogP contribution is -2.19. The molecule has 1 aromatic heterocycles. The highest BCUT2D eigenvalue weighted by atomic mass is 35.5. The second-order valence-corrected chi connectivity index (χ2v) is 8.07. The molecule has 1 aliphatic rings. The van der Waals surface area contributed by atoms with Crippen LogP contribution in [0.15, 0.2) is 68.9 Å². The van der Waals surface area contributed by atoms with Crippen molar-refractivity contribution in [3.8, 4) is 11.3 Å². The number of rotatable bonds is 3. The number of benzene rings is 2. The Morgan fingerprint density at radius 3 is 2.50 bits per heavy atom. The summed E-state index contributed by atoms with van der Waals surface area (Å²) in [6.45, 7) is 0. The van der Waals surface area contributed by atoms with Crippen molar-refractivity contribution in [1.82, 2.24) is 5.32 Å². The predicted octanol–water partition coefficient (Wildman–Crippen LogP) is 6.80. The molecule has 3 aromatic rings. The Labute approximate surface area is 180 Å². The highest BCUT2D eigenvalue weighted by Crippen LogP contribution is 2.32. The lowest BCUT2D eigenvalue weighted by molar-refractivity contribution is -0.115. The van der Waals surface area contributed by atoms with Gasteiger partial charge < -0.3 is 9.73 Å². The Morgan fingerprint density at radius 1 is 0.964 bits per heavy atom. The van der Waals surface area contributed by atoms with Gasteiger partial charge in [0.15, 0.2) is 5.17 Å². The maximum Gasteiger partial charge on any atom is 0.264 e. The number of aliphatic imine (C=N–C) groups is 1. The van der Waals surface area contributed by atoms with Crippen LogP contribution in [0.3, 0.4) is 0 Å². The van der Waals surface area contributed by atoms with E-state index in [1.807, 2.05) is 12.1 Å². The van der Waals surface area contributed by atoms with Gasteiger partial charge in [0.2, 0.25) is 0 Å². The summed E-state index contributed by atoms with van der Waals surface area (Å²) in [6, 6.07) is 15.9. The maximum absolute atomic E-state index is 12.2. The molecular formula is C20H11Cl3N2O2S. The number of hydrogen-bond donors (Lipinski definition) is 1. The molecule has 4 rings (SSSR count). The standard InChI is InChI=1S/C20H11Cl3N2O2S/c21-12-2-4-13(5-3-12)24-20-25-19(26)18(28-20)10-14-6-8-17(27-14)11-1-7-15(22)16(23)9-11/h1-10H,(H,24,25,26)/b18-10+. The van der Waals surface area contributed by atoms with E-state index >= 15 is 0 Å².